The summed E-state index contributed by atoms with van der Waals surface area (Å²) in [7, 11) is 0. The topological polar surface area (TPSA) is 61.2 Å². The first-order chi connectivity index (χ1) is 14.6. The Kier molecular flexibility index (Phi) is 5.72. The number of carbonyl (C=O) groups is 2. The first kappa shape index (κ1) is 19.6. The first-order valence-electron chi connectivity index (χ1n) is 9.29. The number of nitrogens with zero attached hydrogens (tertiary/aromatic N) is 2. The molecule has 0 spiro atoms. The van der Waals surface area contributed by atoms with E-state index >= 15 is 0 Å². The van der Waals surface area contributed by atoms with Crippen molar-refractivity contribution in [2.24, 2.45) is 0 Å². The summed E-state index contributed by atoms with van der Waals surface area (Å²) < 4.78 is 6.93. The van der Waals surface area contributed by atoms with Crippen molar-refractivity contribution in [1.82, 2.24) is 9.78 Å². The SMILES string of the molecule is O=C(COC(=O)c1cn(-c2ccccc2)nc1-c1ccccc1)c1ccccc1Cl. The van der Waals surface area contributed by atoms with Crippen LogP contribution >= 0.6 is 11.6 Å². The minimum absolute atomic E-state index is 0.275. The average Bonchev–Trinajstić information content (AvgIpc) is 3.24. The second-order valence-electron chi connectivity index (χ2n) is 6.52. The minimum atomic E-state index is -0.628. The van der Waals surface area contributed by atoms with Crippen LogP contribution in [0.25, 0.3) is 16.9 Å². The Hall–Kier alpha value is -3.70. The third-order valence-corrected chi connectivity index (χ3v) is 4.84. The highest BCUT2D eigenvalue weighted by atomic mass is 35.5. The fourth-order valence-electron chi connectivity index (χ4n) is 3.02. The monoisotopic (exact) mass is 416 g/mol. The summed E-state index contributed by atoms with van der Waals surface area (Å²) in [6, 6.07) is 25.5. The molecule has 4 aromatic rings. The van der Waals surface area contributed by atoms with Crippen molar-refractivity contribution in [3.8, 4) is 16.9 Å². The molecule has 6 heteroatoms. The zero-order valence-electron chi connectivity index (χ0n) is 15.9. The van der Waals surface area contributed by atoms with Crippen molar-refractivity contribution >= 4 is 23.4 Å². The van der Waals surface area contributed by atoms with Crippen LogP contribution in [0.4, 0.5) is 0 Å². The number of carbonyl (C=O) groups excluding carboxylic acids is 2. The van der Waals surface area contributed by atoms with E-state index in [0.29, 0.717) is 16.3 Å². The summed E-state index contributed by atoms with van der Waals surface area (Å²) in [6.07, 6.45) is 1.61. The normalized spacial score (nSPS) is 10.6. The zero-order chi connectivity index (χ0) is 20.9. The van der Waals surface area contributed by atoms with Crippen LogP contribution in [0.2, 0.25) is 5.02 Å². The maximum atomic E-state index is 12.8. The molecule has 1 aromatic heterocycles. The number of hydrogen-bond donors (Lipinski definition) is 0. The number of rotatable bonds is 6. The lowest BCUT2D eigenvalue weighted by Gasteiger charge is -2.06. The number of aromatic nitrogens is 2. The molecule has 0 saturated carbocycles. The third kappa shape index (κ3) is 4.16. The molecule has 0 bridgehead atoms. The van der Waals surface area contributed by atoms with E-state index < -0.39 is 12.6 Å². The van der Waals surface area contributed by atoms with E-state index in [1.807, 2.05) is 60.7 Å². The van der Waals surface area contributed by atoms with Crippen molar-refractivity contribution < 1.29 is 14.3 Å². The molecule has 0 aliphatic carbocycles. The van der Waals surface area contributed by atoms with Crippen LogP contribution in [-0.4, -0.2) is 28.1 Å². The van der Waals surface area contributed by atoms with Crippen LogP contribution in [0, 0.1) is 0 Å². The number of ketones is 1. The van der Waals surface area contributed by atoms with Crippen LogP contribution in [0.1, 0.15) is 20.7 Å². The maximum Gasteiger partial charge on any atom is 0.342 e. The van der Waals surface area contributed by atoms with E-state index in [2.05, 4.69) is 5.10 Å². The smallest absolute Gasteiger partial charge is 0.342 e. The van der Waals surface area contributed by atoms with E-state index in [9.17, 15) is 9.59 Å². The van der Waals surface area contributed by atoms with Crippen LogP contribution in [-0.2, 0) is 4.74 Å². The quantitative estimate of drug-likeness (QED) is 0.319. The number of Topliss-reactive ketones (excluding diaryl/α,β-unsaturated/α-hetero) is 1. The molecule has 0 atom stereocenters. The predicted molar refractivity (Wildman–Crippen MR) is 115 cm³/mol. The molecule has 0 amide bonds. The molecule has 0 radical (unpaired) electrons. The van der Waals surface area contributed by atoms with Gasteiger partial charge in [-0.1, -0.05) is 72.3 Å². The molecule has 0 unspecified atom stereocenters. The summed E-state index contributed by atoms with van der Waals surface area (Å²) in [4.78, 5) is 25.2. The Labute approximate surface area is 178 Å². The van der Waals surface area contributed by atoms with Crippen molar-refractivity contribution in [1.29, 1.82) is 0 Å². The Morgan fingerprint density at radius 1 is 0.833 bits per heavy atom. The molecule has 30 heavy (non-hydrogen) atoms. The molecule has 4 rings (SSSR count). The highest BCUT2D eigenvalue weighted by Crippen LogP contribution is 2.24. The lowest BCUT2D eigenvalue weighted by molar-refractivity contribution is 0.0475. The van der Waals surface area contributed by atoms with Gasteiger partial charge in [-0.2, -0.15) is 5.10 Å². The molecule has 3 aromatic carbocycles. The van der Waals surface area contributed by atoms with Gasteiger partial charge in [0.1, 0.15) is 11.3 Å². The average molecular weight is 417 g/mol. The van der Waals surface area contributed by atoms with Gasteiger partial charge in [0.2, 0.25) is 5.78 Å². The summed E-state index contributed by atoms with van der Waals surface area (Å²) in [5, 5.41) is 4.90. The van der Waals surface area contributed by atoms with Gasteiger partial charge in [0.15, 0.2) is 6.61 Å². The molecular formula is C24H17ClN2O3. The molecular weight excluding hydrogens is 400 g/mol. The molecule has 0 N–H and O–H groups in total. The van der Waals surface area contributed by atoms with Gasteiger partial charge in [0.25, 0.3) is 0 Å². The van der Waals surface area contributed by atoms with Crippen LogP contribution in [0.5, 0.6) is 0 Å². The van der Waals surface area contributed by atoms with Gasteiger partial charge in [-0.15, -0.1) is 0 Å². The Bertz CT molecular complexity index is 1190. The number of halogens is 1. The highest BCUT2D eigenvalue weighted by molar-refractivity contribution is 6.34. The largest absolute Gasteiger partial charge is 0.454 e. The van der Waals surface area contributed by atoms with Crippen LogP contribution < -0.4 is 0 Å². The lowest BCUT2D eigenvalue weighted by atomic mass is 10.1. The zero-order valence-corrected chi connectivity index (χ0v) is 16.6. The lowest BCUT2D eigenvalue weighted by Crippen LogP contribution is -2.14. The van der Waals surface area contributed by atoms with Crippen molar-refractivity contribution in [2.75, 3.05) is 6.61 Å². The van der Waals surface area contributed by atoms with Gasteiger partial charge in [-0.3, -0.25) is 4.79 Å². The summed E-state index contributed by atoms with van der Waals surface area (Å²) >= 11 is 6.05. The number of para-hydroxylation sites is 1. The molecule has 0 aliphatic heterocycles. The number of ether oxygens (including phenoxy) is 1. The van der Waals surface area contributed by atoms with Gasteiger partial charge in [-0.25, -0.2) is 9.48 Å². The minimum Gasteiger partial charge on any atom is -0.454 e. The van der Waals surface area contributed by atoms with Gasteiger partial charge in [-0.05, 0) is 24.3 Å². The van der Waals surface area contributed by atoms with Crippen LogP contribution in [0.15, 0.2) is 91.1 Å². The molecule has 5 nitrogen and oxygen atoms in total. The van der Waals surface area contributed by atoms with Crippen LogP contribution in [0.3, 0.4) is 0 Å². The third-order valence-electron chi connectivity index (χ3n) is 4.51. The van der Waals surface area contributed by atoms with Crippen molar-refractivity contribution in [3.63, 3.8) is 0 Å². The van der Waals surface area contributed by atoms with E-state index in [1.54, 1.807) is 35.1 Å². The van der Waals surface area contributed by atoms with Gasteiger partial charge < -0.3 is 4.74 Å². The Balaban J connectivity index is 1.62. The molecule has 0 fully saturated rings. The number of benzene rings is 3. The van der Waals surface area contributed by atoms with Crippen molar-refractivity contribution in [2.45, 2.75) is 0 Å². The maximum absolute atomic E-state index is 12.8. The molecule has 148 valence electrons. The fourth-order valence-corrected chi connectivity index (χ4v) is 3.26. The first-order valence-corrected chi connectivity index (χ1v) is 9.66. The van der Waals surface area contributed by atoms with Gasteiger partial charge in [0.05, 0.1) is 10.7 Å². The van der Waals surface area contributed by atoms with E-state index in [4.69, 9.17) is 16.3 Å². The molecule has 0 saturated heterocycles. The van der Waals surface area contributed by atoms with E-state index in [-0.39, 0.29) is 11.3 Å². The van der Waals surface area contributed by atoms with Crippen molar-refractivity contribution in [3.05, 3.63) is 107 Å². The highest BCUT2D eigenvalue weighted by Gasteiger charge is 2.21. The standard InChI is InChI=1S/C24H17ClN2O3/c25-21-14-8-7-13-19(21)22(28)16-30-24(29)20-15-27(18-11-5-2-6-12-18)26-23(20)17-9-3-1-4-10-17/h1-15H,16H2. The molecule has 0 aliphatic rings. The Morgan fingerprint density at radius 2 is 1.47 bits per heavy atom. The summed E-state index contributed by atoms with van der Waals surface area (Å²) in [5.74, 6) is -0.998. The van der Waals surface area contributed by atoms with Gasteiger partial charge in [0, 0.05) is 17.3 Å². The molecule has 1 heterocycles. The number of esters is 1. The number of hydrogen-bond acceptors (Lipinski definition) is 4. The predicted octanol–water partition coefficient (Wildman–Crippen LogP) is 5.23. The Morgan fingerprint density at radius 3 is 2.17 bits per heavy atom. The summed E-state index contributed by atoms with van der Waals surface area (Å²) in [6.45, 7) is -0.409. The fraction of sp³-hybridized carbons (Fsp3) is 0.0417. The summed E-state index contributed by atoms with van der Waals surface area (Å²) in [5.41, 5.74) is 2.65. The second-order valence-corrected chi connectivity index (χ2v) is 6.92. The van der Waals surface area contributed by atoms with E-state index in [1.165, 1.54) is 0 Å². The second kappa shape index (κ2) is 8.76. The van der Waals surface area contributed by atoms with Gasteiger partial charge >= 0.3 is 5.97 Å². The van der Waals surface area contributed by atoms with E-state index in [0.717, 1.165) is 11.3 Å².